The summed E-state index contributed by atoms with van der Waals surface area (Å²) in [7, 11) is 0. The van der Waals surface area contributed by atoms with E-state index in [2.05, 4.69) is 32.6 Å². The molecule has 0 atom stereocenters. The highest BCUT2D eigenvalue weighted by Crippen LogP contribution is 2.31. The first-order chi connectivity index (χ1) is 11.2. The Labute approximate surface area is 144 Å². The molecule has 0 saturated heterocycles. The molecule has 0 amide bonds. The Kier molecular flexibility index (Phi) is 3.27. The average Bonchev–Trinajstić information content (AvgIpc) is 2.97. The van der Waals surface area contributed by atoms with Crippen molar-refractivity contribution in [3.8, 4) is 17.3 Å². The maximum absolute atomic E-state index is 13.8. The molecule has 0 spiro atoms. The van der Waals surface area contributed by atoms with E-state index in [1.165, 1.54) is 12.1 Å². The third-order valence-electron chi connectivity index (χ3n) is 3.80. The SMILES string of the molecule is N#Cc1cc(F)cc2c(-c3ccc4ccc(I)cc4n3)c[nH]c12. The lowest BCUT2D eigenvalue weighted by Gasteiger charge is -2.03. The van der Waals surface area contributed by atoms with Crippen molar-refractivity contribution in [3.05, 3.63) is 63.6 Å². The number of nitrogens with zero attached hydrogens (tertiary/aromatic N) is 2. The van der Waals surface area contributed by atoms with E-state index < -0.39 is 5.82 Å². The summed E-state index contributed by atoms with van der Waals surface area (Å²) in [5, 5.41) is 10.9. The number of pyridine rings is 1. The number of benzene rings is 2. The fourth-order valence-corrected chi connectivity index (χ4v) is 3.21. The van der Waals surface area contributed by atoms with Crippen LogP contribution in [-0.2, 0) is 0 Å². The molecule has 0 fully saturated rings. The van der Waals surface area contributed by atoms with Crippen molar-refractivity contribution >= 4 is 44.4 Å². The molecule has 23 heavy (non-hydrogen) atoms. The molecular formula is C18H9FIN3. The average molecular weight is 413 g/mol. The lowest BCUT2D eigenvalue weighted by molar-refractivity contribution is 0.629. The third-order valence-corrected chi connectivity index (χ3v) is 4.48. The Morgan fingerprint density at radius 3 is 2.78 bits per heavy atom. The van der Waals surface area contributed by atoms with E-state index in [1.807, 2.05) is 36.4 Å². The van der Waals surface area contributed by atoms with E-state index in [1.54, 1.807) is 6.20 Å². The maximum atomic E-state index is 13.8. The predicted molar refractivity (Wildman–Crippen MR) is 96.4 cm³/mol. The molecule has 0 radical (unpaired) electrons. The van der Waals surface area contributed by atoms with Crippen molar-refractivity contribution < 1.29 is 4.39 Å². The van der Waals surface area contributed by atoms with Gasteiger partial charge in [-0.15, -0.1) is 0 Å². The van der Waals surface area contributed by atoms with Crippen molar-refractivity contribution in [3.63, 3.8) is 0 Å². The van der Waals surface area contributed by atoms with Crippen molar-refractivity contribution in [2.45, 2.75) is 0 Å². The van der Waals surface area contributed by atoms with E-state index in [9.17, 15) is 4.39 Å². The van der Waals surface area contributed by atoms with Crippen LogP contribution < -0.4 is 0 Å². The second-order valence-corrected chi connectivity index (χ2v) is 6.47. The number of nitrogens with one attached hydrogen (secondary N) is 1. The van der Waals surface area contributed by atoms with Gasteiger partial charge in [0.2, 0.25) is 0 Å². The molecule has 2 aromatic heterocycles. The minimum absolute atomic E-state index is 0.293. The molecule has 110 valence electrons. The summed E-state index contributed by atoms with van der Waals surface area (Å²) in [6, 6.07) is 14.7. The maximum Gasteiger partial charge on any atom is 0.125 e. The molecule has 0 aliphatic carbocycles. The number of aromatic nitrogens is 2. The topological polar surface area (TPSA) is 52.5 Å². The predicted octanol–water partition coefficient (Wildman–Crippen LogP) is 5.00. The monoisotopic (exact) mass is 413 g/mol. The van der Waals surface area contributed by atoms with Gasteiger partial charge in [0.25, 0.3) is 0 Å². The van der Waals surface area contributed by atoms with Crippen molar-refractivity contribution in [1.29, 1.82) is 5.26 Å². The Balaban J connectivity index is 1.99. The fourth-order valence-electron chi connectivity index (χ4n) is 2.74. The highest BCUT2D eigenvalue weighted by atomic mass is 127. The van der Waals surface area contributed by atoms with Gasteiger partial charge >= 0.3 is 0 Å². The summed E-state index contributed by atoms with van der Waals surface area (Å²) in [5.74, 6) is -0.426. The number of H-pyrrole nitrogens is 1. The Morgan fingerprint density at radius 2 is 1.96 bits per heavy atom. The van der Waals surface area contributed by atoms with Crippen LogP contribution in [0.1, 0.15) is 5.56 Å². The minimum Gasteiger partial charge on any atom is -0.359 e. The second-order valence-electron chi connectivity index (χ2n) is 5.22. The first-order valence-electron chi connectivity index (χ1n) is 6.93. The van der Waals surface area contributed by atoms with Gasteiger partial charge in [0.15, 0.2) is 0 Å². The van der Waals surface area contributed by atoms with Crippen LogP contribution in [0.2, 0.25) is 0 Å². The van der Waals surface area contributed by atoms with E-state index in [4.69, 9.17) is 5.26 Å². The van der Waals surface area contributed by atoms with E-state index in [-0.39, 0.29) is 0 Å². The number of rotatable bonds is 1. The lowest BCUT2D eigenvalue weighted by atomic mass is 10.1. The first-order valence-corrected chi connectivity index (χ1v) is 8.01. The number of nitriles is 1. The smallest absolute Gasteiger partial charge is 0.125 e. The van der Waals surface area contributed by atoms with Crippen LogP contribution in [0, 0.1) is 20.7 Å². The van der Waals surface area contributed by atoms with Gasteiger partial charge in [-0.1, -0.05) is 12.1 Å². The van der Waals surface area contributed by atoms with Gasteiger partial charge in [0.05, 0.1) is 22.3 Å². The van der Waals surface area contributed by atoms with Crippen LogP contribution in [0.3, 0.4) is 0 Å². The molecule has 1 N–H and O–H groups in total. The van der Waals surface area contributed by atoms with Gasteiger partial charge in [-0.2, -0.15) is 5.26 Å². The fraction of sp³-hybridized carbons (Fsp3) is 0. The van der Waals surface area contributed by atoms with Gasteiger partial charge in [-0.05, 0) is 52.9 Å². The second kappa shape index (κ2) is 5.32. The van der Waals surface area contributed by atoms with Crippen LogP contribution in [0.4, 0.5) is 4.39 Å². The van der Waals surface area contributed by atoms with E-state index >= 15 is 0 Å². The van der Waals surface area contributed by atoms with Gasteiger partial charge in [0, 0.05) is 26.1 Å². The normalized spacial score (nSPS) is 11.0. The summed E-state index contributed by atoms with van der Waals surface area (Å²) in [5.41, 5.74) is 3.35. The van der Waals surface area contributed by atoms with Crippen LogP contribution in [-0.4, -0.2) is 9.97 Å². The number of hydrogen-bond donors (Lipinski definition) is 1. The molecule has 0 bridgehead atoms. The standard InChI is InChI=1S/C18H9FIN3/c19-12-5-11(8-21)18-14(6-12)15(9-22-18)16-4-2-10-1-3-13(20)7-17(10)23-16/h1-7,9,22H. The summed E-state index contributed by atoms with van der Waals surface area (Å²) in [4.78, 5) is 7.75. The van der Waals surface area contributed by atoms with Crippen molar-refractivity contribution in [2.24, 2.45) is 0 Å². The molecule has 2 heterocycles. The van der Waals surface area contributed by atoms with E-state index in [0.29, 0.717) is 16.5 Å². The molecule has 5 heteroatoms. The molecule has 4 aromatic rings. The number of hydrogen-bond acceptors (Lipinski definition) is 2. The highest BCUT2D eigenvalue weighted by Gasteiger charge is 2.12. The molecule has 0 aliphatic rings. The summed E-state index contributed by atoms with van der Waals surface area (Å²) < 4.78 is 14.9. The largest absolute Gasteiger partial charge is 0.359 e. The highest BCUT2D eigenvalue weighted by molar-refractivity contribution is 14.1. The summed E-state index contributed by atoms with van der Waals surface area (Å²) >= 11 is 2.25. The van der Waals surface area contributed by atoms with Crippen molar-refractivity contribution in [1.82, 2.24) is 9.97 Å². The van der Waals surface area contributed by atoms with Gasteiger partial charge < -0.3 is 4.98 Å². The molecule has 0 saturated carbocycles. The number of halogens is 2. The van der Waals surface area contributed by atoms with Gasteiger partial charge in [-0.25, -0.2) is 9.37 Å². The zero-order chi connectivity index (χ0) is 16.0. The molecule has 4 rings (SSSR count). The zero-order valence-electron chi connectivity index (χ0n) is 11.8. The van der Waals surface area contributed by atoms with Gasteiger partial charge in [-0.3, -0.25) is 0 Å². The van der Waals surface area contributed by atoms with Crippen LogP contribution >= 0.6 is 22.6 Å². The van der Waals surface area contributed by atoms with Crippen LogP contribution in [0.5, 0.6) is 0 Å². The Bertz CT molecular complexity index is 1110. The van der Waals surface area contributed by atoms with E-state index in [0.717, 1.165) is 25.7 Å². The van der Waals surface area contributed by atoms with Gasteiger partial charge in [0.1, 0.15) is 11.9 Å². The number of fused-ring (bicyclic) bond motifs is 2. The van der Waals surface area contributed by atoms with Crippen LogP contribution in [0.15, 0.2) is 48.7 Å². The lowest BCUT2D eigenvalue weighted by Crippen LogP contribution is -1.86. The van der Waals surface area contributed by atoms with Crippen LogP contribution in [0.25, 0.3) is 33.1 Å². The third kappa shape index (κ3) is 2.35. The minimum atomic E-state index is -0.426. The van der Waals surface area contributed by atoms with Crippen molar-refractivity contribution in [2.75, 3.05) is 0 Å². The first kappa shape index (κ1) is 14.2. The molecule has 3 nitrogen and oxygen atoms in total. The molecule has 2 aromatic carbocycles. The zero-order valence-corrected chi connectivity index (χ0v) is 13.9. The Morgan fingerprint density at radius 1 is 1.13 bits per heavy atom. The summed E-state index contributed by atoms with van der Waals surface area (Å²) in [6.07, 6.45) is 1.77. The molecular weight excluding hydrogens is 404 g/mol. The summed E-state index contributed by atoms with van der Waals surface area (Å²) in [6.45, 7) is 0. The quantitative estimate of drug-likeness (QED) is 0.447. The molecule has 0 aliphatic heterocycles. The number of aromatic amines is 1. The Hall–Kier alpha value is -2.46. The molecule has 0 unspecified atom stereocenters.